The number of piperidine rings is 1. The van der Waals surface area contributed by atoms with Gasteiger partial charge in [0.1, 0.15) is 5.82 Å². The van der Waals surface area contributed by atoms with Gasteiger partial charge in [-0.15, -0.1) is 0 Å². The Morgan fingerprint density at radius 3 is 2.90 bits per heavy atom. The molecule has 0 bridgehead atoms. The third kappa shape index (κ3) is 3.78. The summed E-state index contributed by atoms with van der Waals surface area (Å²) >= 11 is 0. The SMILES string of the molecule is CNC(=O)C1CCCN(Cc2cc(C(=O)O)ccc2F)C1. The van der Waals surface area contributed by atoms with E-state index >= 15 is 0 Å². The number of halogens is 1. The highest BCUT2D eigenvalue weighted by molar-refractivity contribution is 5.87. The first-order chi connectivity index (χ1) is 10.0. The second kappa shape index (κ2) is 6.67. The molecule has 1 aliphatic rings. The van der Waals surface area contributed by atoms with E-state index in [1.54, 1.807) is 7.05 Å². The minimum absolute atomic E-state index is 0.000501. The van der Waals surface area contributed by atoms with E-state index < -0.39 is 11.8 Å². The first-order valence-electron chi connectivity index (χ1n) is 6.97. The van der Waals surface area contributed by atoms with E-state index in [0.717, 1.165) is 19.4 Å². The van der Waals surface area contributed by atoms with Gasteiger partial charge in [0.15, 0.2) is 0 Å². The fraction of sp³-hybridized carbons (Fsp3) is 0.467. The number of amides is 1. The van der Waals surface area contributed by atoms with Gasteiger partial charge in [-0.2, -0.15) is 0 Å². The molecule has 5 nitrogen and oxygen atoms in total. The monoisotopic (exact) mass is 294 g/mol. The topological polar surface area (TPSA) is 69.6 Å². The summed E-state index contributed by atoms with van der Waals surface area (Å²) in [7, 11) is 1.61. The lowest BCUT2D eigenvalue weighted by Crippen LogP contribution is -2.41. The van der Waals surface area contributed by atoms with Crippen molar-refractivity contribution in [2.24, 2.45) is 5.92 Å². The molecular formula is C15H19FN2O3. The highest BCUT2D eigenvalue weighted by Crippen LogP contribution is 2.20. The largest absolute Gasteiger partial charge is 0.478 e. The molecule has 0 spiro atoms. The third-order valence-corrected chi connectivity index (χ3v) is 3.81. The lowest BCUT2D eigenvalue weighted by atomic mass is 9.96. The number of hydrogen-bond donors (Lipinski definition) is 2. The van der Waals surface area contributed by atoms with Crippen molar-refractivity contribution < 1.29 is 19.1 Å². The van der Waals surface area contributed by atoms with Crippen molar-refractivity contribution in [2.75, 3.05) is 20.1 Å². The first kappa shape index (κ1) is 15.4. The molecule has 1 heterocycles. The summed E-state index contributed by atoms with van der Waals surface area (Å²) in [4.78, 5) is 24.6. The summed E-state index contributed by atoms with van der Waals surface area (Å²) in [5.41, 5.74) is 0.429. The van der Waals surface area contributed by atoms with Crippen LogP contribution in [-0.4, -0.2) is 42.0 Å². The standard InChI is InChI=1S/C15H19FN2O3/c1-17-14(19)11-3-2-6-18(8-11)9-12-7-10(15(20)21)4-5-13(12)16/h4-5,7,11H,2-3,6,8-9H2,1H3,(H,17,19)(H,20,21). The van der Waals surface area contributed by atoms with Gasteiger partial charge < -0.3 is 10.4 Å². The van der Waals surface area contributed by atoms with E-state index in [9.17, 15) is 14.0 Å². The first-order valence-corrected chi connectivity index (χ1v) is 6.97. The number of hydrogen-bond acceptors (Lipinski definition) is 3. The molecule has 2 N–H and O–H groups in total. The molecular weight excluding hydrogens is 275 g/mol. The Kier molecular flexibility index (Phi) is 4.90. The molecule has 1 fully saturated rings. The summed E-state index contributed by atoms with van der Waals surface area (Å²) in [6.45, 7) is 1.67. The van der Waals surface area contributed by atoms with Crippen LogP contribution in [0.4, 0.5) is 4.39 Å². The zero-order valence-electron chi connectivity index (χ0n) is 11.9. The van der Waals surface area contributed by atoms with Gasteiger partial charge in [0.2, 0.25) is 5.91 Å². The maximum Gasteiger partial charge on any atom is 0.335 e. The molecule has 1 aromatic carbocycles. The predicted octanol–water partition coefficient (Wildman–Crippen LogP) is 1.48. The number of nitrogens with zero attached hydrogens (tertiary/aromatic N) is 1. The number of carboxylic acids is 1. The normalized spacial score (nSPS) is 19.2. The molecule has 1 atom stereocenters. The molecule has 114 valence electrons. The number of carboxylic acid groups (broad SMARTS) is 1. The zero-order valence-corrected chi connectivity index (χ0v) is 11.9. The van der Waals surface area contributed by atoms with Gasteiger partial charge in [0, 0.05) is 25.7 Å². The molecule has 0 aromatic heterocycles. The fourth-order valence-electron chi connectivity index (χ4n) is 2.69. The van der Waals surface area contributed by atoms with Gasteiger partial charge >= 0.3 is 5.97 Å². The van der Waals surface area contributed by atoms with Gasteiger partial charge in [-0.1, -0.05) is 0 Å². The summed E-state index contributed by atoms with van der Waals surface area (Å²) in [6, 6.07) is 3.80. The van der Waals surface area contributed by atoms with E-state index in [-0.39, 0.29) is 17.4 Å². The van der Waals surface area contributed by atoms with Crippen molar-refractivity contribution in [3.63, 3.8) is 0 Å². The van der Waals surface area contributed by atoms with Crippen LogP contribution in [0.2, 0.25) is 0 Å². The van der Waals surface area contributed by atoms with E-state index in [0.29, 0.717) is 18.7 Å². The quantitative estimate of drug-likeness (QED) is 0.882. The number of likely N-dealkylation sites (tertiary alicyclic amines) is 1. The second-order valence-electron chi connectivity index (χ2n) is 5.30. The highest BCUT2D eigenvalue weighted by atomic mass is 19.1. The Hall–Kier alpha value is -1.95. The summed E-state index contributed by atoms with van der Waals surface area (Å²) < 4.78 is 13.8. The number of carbonyl (C=O) groups is 2. The molecule has 2 rings (SSSR count). The van der Waals surface area contributed by atoms with Crippen LogP contribution < -0.4 is 5.32 Å². The average Bonchev–Trinajstić information content (AvgIpc) is 2.48. The van der Waals surface area contributed by atoms with Crippen LogP contribution in [0.3, 0.4) is 0 Å². The van der Waals surface area contributed by atoms with Gasteiger partial charge in [0.05, 0.1) is 11.5 Å². The van der Waals surface area contributed by atoms with E-state index in [1.165, 1.54) is 18.2 Å². The van der Waals surface area contributed by atoms with Gasteiger partial charge in [-0.05, 0) is 37.6 Å². The Labute approximate surface area is 122 Å². The van der Waals surface area contributed by atoms with Crippen LogP contribution in [0.15, 0.2) is 18.2 Å². The molecule has 1 aliphatic heterocycles. The fourth-order valence-corrected chi connectivity index (χ4v) is 2.69. The smallest absolute Gasteiger partial charge is 0.335 e. The Balaban J connectivity index is 2.09. The zero-order chi connectivity index (χ0) is 15.4. The van der Waals surface area contributed by atoms with Crippen LogP contribution in [0.25, 0.3) is 0 Å². The number of carbonyl (C=O) groups excluding carboxylic acids is 1. The van der Waals surface area contributed by atoms with E-state index in [4.69, 9.17) is 5.11 Å². The van der Waals surface area contributed by atoms with E-state index in [2.05, 4.69) is 5.32 Å². The molecule has 1 unspecified atom stereocenters. The number of rotatable bonds is 4. The van der Waals surface area contributed by atoms with Crippen LogP contribution in [0.1, 0.15) is 28.8 Å². The van der Waals surface area contributed by atoms with Gasteiger partial charge in [-0.3, -0.25) is 9.69 Å². The maximum atomic E-state index is 13.8. The van der Waals surface area contributed by atoms with Crippen LogP contribution in [-0.2, 0) is 11.3 Å². The molecule has 0 radical (unpaired) electrons. The maximum absolute atomic E-state index is 13.8. The van der Waals surface area contributed by atoms with Gasteiger partial charge in [-0.25, -0.2) is 9.18 Å². The summed E-state index contributed by atoms with van der Waals surface area (Å²) in [5.74, 6) is -1.57. The van der Waals surface area contributed by atoms with Crippen molar-refractivity contribution in [1.29, 1.82) is 0 Å². The number of nitrogens with one attached hydrogen (secondary N) is 1. The minimum Gasteiger partial charge on any atom is -0.478 e. The van der Waals surface area contributed by atoms with Crippen LogP contribution >= 0.6 is 0 Å². The molecule has 0 saturated carbocycles. The van der Waals surface area contributed by atoms with E-state index in [1.807, 2.05) is 4.90 Å². The molecule has 1 aromatic rings. The minimum atomic E-state index is -1.07. The number of aromatic carboxylic acids is 1. The highest BCUT2D eigenvalue weighted by Gasteiger charge is 2.25. The van der Waals surface area contributed by atoms with Gasteiger partial charge in [0.25, 0.3) is 0 Å². The lowest BCUT2D eigenvalue weighted by Gasteiger charge is -2.31. The van der Waals surface area contributed by atoms with Crippen molar-refractivity contribution in [3.8, 4) is 0 Å². The molecule has 1 saturated heterocycles. The lowest BCUT2D eigenvalue weighted by molar-refractivity contribution is -0.126. The van der Waals surface area contributed by atoms with Crippen molar-refractivity contribution in [2.45, 2.75) is 19.4 Å². The molecule has 1 amide bonds. The molecule has 6 heteroatoms. The number of benzene rings is 1. The van der Waals surface area contributed by atoms with Crippen LogP contribution in [0, 0.1) is 11.7 Å². The Bertz CT molecular complexity index is 548. The van der Waals surface area contributed by atoms with Crippen LogP contribution in [0.5, 0.6) is 0 Å². The second-order valence-corrected chi connectivity index (χ2v) is 5.30. The Morgan fingerprint density at radius 1 is 1.48 bits per heavy atom. The Morgan fingerprint density at radius 2 is 2.24 bits per heavy atom. The van der Waals surface area contributed by atoms with Crippen molar-refractivity contribution in [3.05, 3.63) is 35.1 Å². The third-order valence-electron chi connectivity index (χ3n) is 3.81. The predicted molar refractivity (Wildman–Crippen MR) is 75.4 cm³/mol. The molecule has 0 aliphatic carbocycles. The summed E-state index contributed by atoms with van der Waals surface area (Å²) in [5, 5.41) is 11.6. The van der Waals surface area contributed by atoms with Crippen molar-refractivity contribution in [1.82, 2.24) is 10.2 Å². The average molecular weight is 294 g/mol. The molecule has 21 heavy (non-hydrogen) atoms. The van der Waals surface area contributed by atoms with Crippen molar-refractivity contribution >= 4 is 11.9 Å². The summed E-state index contributed by atoms with van der Waals surface area (Å²) in [6.07, 6.45) is 1.70.